The minimum absolute atomic E-state index is 0.0638. The third-order valence-corrected chi connectivity index (χ3v) is 2.64. The summed E-state index contributed by atoms with van der Waals surface area (Å²) in [5.41, 5.74) is 0.585. The topological polar surface area (TPSA) is 51.2 Å². The molecule has 3 nitrogen and oxygen atoms in total. The maximum Gasteiger partial charge on any atom is 0.163 e. The lowest BCUT2D eigenvalue weighted by Gasteiger charge is -2.10. The van der Waals surface area contributed by atoms with Crippen molar-refractivity contribution in [3.05, 3.63) is 35.9 Å². The van der Waals surface area contributed by atoms with Gasteiger partial charge in [0.2, 0.25) is 0 Å². The van der Waals surface area contributed by atoms with E-state index in [0.29, 0.717) is 5.56 Å². The molecule has 0 heterocycles. The van der Waals surface area contributed by atoms with E-state index in [1.54, 1.807) is 24.3 Å². The highest BCUT2D eigenvalue weighted by Gasteiger charge is 2.20. The molecule has 90 valence electrons. The first-order valence-electron chi connectivity index (χ1n) is 5.59. The molecule has 0 saturated heterocycles. The van der Waals surface area contributed by atoms with Crippen LogP contribution in [0.5, 0.6) is 0 Å². The highest BCUT2D eigenvalue weighted by atomic mass is 16.1. The molecule has 1 unspecified atom stereocenters. The molecule has 3 heteroatoms. The molecule has 0 spiro atoms. The van der Waals surface area contributed by atoms with Crippen LogP contribution in [0, 0.1) is 5.92 Å². The van der Waals surface area contributed by atoms with E-state index in [2.05, 4.69) is 0 Å². The number of hydrogen-bond donors (Lipinski definition) is 0. The summed E-state index contributed by atoms with van der Waals surface area (Å²) in [6, 6.07) is 8.82. The van der Waals surface area contributed by atoms with Gasteiger partial charge in [-0.3, -0.25) is 9.59 Å². The van der Waals surface area contributed by atoms with Crippen molar-refractivity contribution >= 4 is 17.3 Å². The first-order valence-corrected chi connectivity index (χ1v) is 5.59. The van der Waals surface area contributed by atoms with E-state index in [1.165, 1.54) is 13.8 Å². The Morgan fingerprint density at radius 2 is 1.59 bits per heavy atom. The van der Waals surface area contributed by atoms with Gasteiger partial charge in [-0.1, -0.05) is 30.3 Å². The summed E-state index contributed by atoms with van der Waals surface area (Å²) in [6.45, 7) is 2.86. The van der Waals surface area contributed by atoms with Crippen molar-refractivity contribution in [3.63, 3.8) is 0 Å². The Labute approximate surface area is 101 Å². The maximum atomic E-state index is 11.9. The van der Waals surface area contributed by atoms with Gasteiger partial charge in [-0.15, -0.1) is 0 Å². The van der Waals surface area contributed by atoms with Gasteiger partial charge in [-0.25, -0.2) is 0 Å². The summed E-state index contributed by atoms with van der Waals surface area (Å²) < 4.78 is 0. The Bertz CT molecular complexity index is 420. The summed E-state index contributed by atoms with van der Waals surface area (Å²) in [4.78, 5) is 34.2. The molecule has 0 aliphatic heterocycles. The predicted molar refractivity (Wildman–Crippen MR) is 64.9 cm³/mol. The van der Waals surface area contributed by atoms with Crippen LogP contribution >= 0.6 is 0 Å². The molecular weight excluding hydrogens is 216 g/mol. The van der Waals surface area contributed by atoms with Gasteiger partial charge >= 0.3 is 0 Å². The van der Waals surface area contributed by atoms with Gasteiger partial charge in [-0.05, 0) is 13.8 Å². The molecule has 17 heavy (non-hydrogen) atoms. The molecule has 0 aliphatic carbocycles. The average Bonchev–Trinajstić information content (AvgIpc) is 2.28. The fourth-order valence-electron chi connectivity index (χ4n) is 1.67. The first-order chi connectivity index (χ1) is 8.00. The average molecular weight is 232 g/mol. The van der Waals surface area contributed by atoms with E-state index >= 15 is 0 Å². The van der Waals surface area contributed by atoms with Crippen LogP contribution in [0.3, 0.4) is 0 Å². The third-order valence-electron chi connectivity index (χ3n) is 2.64. The van der Waals surface area contributed by atoms with Crippen LogP contribution < -0.4 is 0 Å². The van der Waals surface area contributed by atoms with Crippen LogP contribution in [-0.4, -0.2) is 17.3 Å². The molecule has 1 aromatic carbocycles. The van der Waals surface area contributed by atoms with E-state index in [-0.39, 0.29) is 30.2 Å². The van der Waals surface area contributed by atoms with Gasteiger partial charge in [0.25, 0.3) is 0 Å². The van der Waals surface area contributed by atoms with Crippen LogP contribution in [0.1, 0.15) is 37.0 Å². The lowest BCUT2D eigenvalue weighted by atomic mass is 9.91. The number of Topliss-reactive ketones (excluding diaryl/α,β-unsaturated/α-hetero) is 3. The molecule has 0 amide bonds. The molecule has 1 aromatic rings. The molecule has 0 saturated carbocycles. The minimum Gasteiger partial charge on any atom is -0.300 e. The summed E-state index contributed by atoms with van der Waals surface area (Å²) in [7, 11) is 0. The SMILES string of the molecule is CC(=O)CC(CC(=O)c1ccccc1)C(C)=O. The number of hydrogen-bond acceptors (Lipinski definition) is 3. The quantitative estimate of drug-likeness (QED) is 0.708. The third kappa shape index (κ3) is 4.31. The summed E-state index contributed by atoms with van der Waals surface area (Å²) >= 11 is 0. The molecule has 1 atom stereocenters. The van der Waals surface area contributed by atoms with Gasteiger partial charge < -0.3 is 4.79 Å². The smallest absolute Gasteiger partial charge is 0.163 e. The van der Waals surface area contributed by atoms with Gasteiger partial charge in [0.05, 0.1) is 0 Å². The Morgan fingerprint density at radius 3 is 2.06 bits per heavy atom. The normalized spacial score (nSPS) is 11.9. The number of ketones is 3. The van der Waals surface area contributed by atoms with Gasteiger partial charge in [0.15, 0.2) is 5.78 Å². The van der Waals surface area contributed by atoms with Crippen molar-refractivity contribution in [1.82, 2.24) is 0 Å². The van der Waals surface area contributed by atoms with Gasteiger partial charge in [-0.2, -0.15) is 0 Å². The lowest BCUT2D eigenvalue weighted by molar-refractivity contribution is -0.125. The van der Waals surface area contributed by atoms with Crippen molar-refractivity contribution in [3.8, 4) is 0 Å². The number of benzene rings is 1. The van der Waals surface area contributed by atoms with Crippen molar-refractivity contribution in [2.75, 3.05) is 0 Å². The summed E-state index contributed by atoms with van der Waals surface area (Å²) in [5.74, 6) is -0.747. The Kier molecular flexibility index (Phi) is 4.76. The van der Waals surface area contributed by atoms with Crippen molar-refractivity contribution in [2.24, 2.45) is 5.92 Å². The highest BCUT2D eigenvalue weighted by Crippen LogP contribution is 2.15. The molecule has 0 N–H and O–H groups in total. The monoisotopic (exact) mass is 232 g/mol. The summed E-state index contributed by atoms with van der Waals surface area (Å²) in [6.07, 6.45) is 0.257. The van der Waals surface area contributed by atoms with Crippen LogP contribution in [0.25, 0.3) is 0 Å². The minimum atomic E-state index is -0.486. The van der Waals surface area contributed by atoms with Crippen LogP contribution in [-0.2, 0) is 9.59 Å². The maximum absolute atomic E-state index is 11.9. The summed E-state index contributed by atoms with van der Waals surface area (Å²) in [5, 5.41) is 0. The molecule has 0 bridgehead atoms. The second kappa shape index (κ2) is 6.09. The second-order valence-electron chi connectivity index (χ2n) is 4.21. The molecule has 0 aliphatic rings. The van der Waals surface area contributed by atoms with E-state index in [9.17, 15) is 14.4 Å². The largest absolute Gasteiger partial charge is 0.300 e. The van der Waals surface area contributed by atoms with E-state index in [4.69, 9.17) is 0 Å². The van der Waals surface area contributed by atoms with Gasteiger partial charge in [0, 0.05) is 24.3 Å². The molecule has 0 fully saturated rings. The molecule has 0 aromatic heterocycles. The molecule has 1 rings (SSSR count). The van der Waals surface area contributed by atoms with Crippen LogP contribution in [0.2, 0.25) is 0 Å². The van der Waals surface area contributed by atoms with Crippen molar-refractivity contribution in [1.29, 1.82) is 0 Å². The highest BCUT2D eigenvalue weighted by molar-refractivity contribution is 5.99. The zero-order valence-corrected chi connectivity index (χ0v) is 10.1. The van der Waals surface area contributed by atoms with Crippen LogP contribution in [0.15, 0.2) is 30.3 Å². The number of carbonyl (C=O) groups is 3. The second-order valence-corrected chi connectivity index (χ2v) is 4.21. The lowest BCUT2D eigenvalue weighted by Crippen LogP contribution is -2.18. The van der Waals surface area contributed by atoms with E-state index in [1.807, 2.05) is 6.07 Å². The Hall–Kier alpha value is -1.77. The van der Waals surface area contributed by atoms with Crippen molar-refractivity contribution < 1.29 is 14.4 Å². The zero-order valence-electron chi connectivity index (χ0n) is 10.1. The number of carbonyl (C=O) groups excluding carboxylic acids is 3. The Balaban J connectivity index is 2.71. The van der Waals surface area contributed by atoms with Crippen molar-refractivity contribution in [2.45, 2.75) is 26.7 Å². The molecule has 0 radical (unpaired) electrons. The fraction of sp³-hybridized carbons (Fsp3) is 0.357. The zero-order chi connectivity index (χ0) is 12.8. The van der Waals surface area contributed by atoms with Gasteiger partial charge in [0.1, 0.15) is 11.6 Å². The predicted octanol–water partition coefficient (Wildman–Crippen LogP) is 2.44. The standard InChI is InChI=1S/C14H16O3/c1-10(15)8-13(11(2)16)9-14(17)12-6-4-3-5-7-12/h3-7,13H,8-9H2,1-2H3. The Morgan fingerprint density at radius 1 is 1.00 bits per heavy atom. The first kappa shape index (κ1) is 13.3. The van der Waals surface area contributed by atoms with Crippen LogP contribution in [0.4, 0.5) is 0 Å². The fourth-order valence-corrected chi connectivity index (χ4v) is 1.67. The van der Waals surface area contributed by atoms with E-state index < -0.39 is 5.92 Å². The number of rotatable bonds is 6. The molecular formula is C14H16O3. The van der Waals surface area contributed by atoms with E-state index in [0.717, 1.165) is 0 Å².